The molecule has 0 saturated carbocycles. The number of alkyl carbamates (subject to hydrolysis) is 1. The lowest BCUT2D eigenvalue weighted by Gasteiger charge is -2.33. The molecule has 35 heavy (non-hydrogen) atoms. The normalized spacial score (nSPS) is 12.7. The number of benzene rings is 2. The highest BCUT2D eigenvalue weighted by Gasteiger charge is 2.34. The van der Waals surface area contributed by atoms with E-state index in [4.69, 9.17) is 4.74 Å². The summed E-state index contributed by atoms with van der Waals surface area (Å²) < 4.78 is 5.26. The smallest absolute Gasteiger partial charge is 0.408 e. The quantitative estimate of drug-likeness (QED) is 0.470. The molecule has 0 aromatic heterocycles. The third-order valence-electron chi connectivity index (χ3n) is 5.12. The average Bonchev–Trinajstić information content (AvgIpc) is 2.78. The van der Waals surface area contributed by atoms with Crippen molar-refractivity contribution in [2.75, 3.05) is 6.54 Å². The maximum atomic E-state index is 13.5. The molecular weight excluding hydrogens is 446 g/mol. The summed E-state index contributed by atoms with van der Waals surface area (Å²) in [5, 5.41) is 15.4. The molecule has 0 spiro atoms. The Balaban J connectivity index is 2.36. The van der Waals surface area contributed by atoms with E-state index in [1.807, 2.05) is 30.3 Å². The molecule has 0 aliphatic carbocycles. The molecule has 2 aromatic carbocycles. The van der Waals surface area contributed by atoms with Gasteiger partial charge in [0.2, 0.25) is 11.8 Å². The minimum atomic E-state index is -1.02. The van der Waals surface area contributed by atoms with Gasteiger partial charge in [-0.2, -0.15) is 0 Å². The van der Waals surface area contributed by atoms with Crippen molar-refractivity contribution in [3.05, 3.63) is 77.9 Å². The van der Waals surface area contributed by atoms with E-state index in [1.165, 1.54) is 24.0 Å². The third kappa shape index (κ3) is 8.17. The molecule has 0 aliphatic rings. The van der Waals surface area contributed by atoms with Gasteiger partial charge >= 0.3 is 6.09 Å². The van der Waals surface area contributed by atoms with Crippen LogP contribution in [0.5, 0.6) is 5.75 Å². The minimum Gasteiger partial charge on any atom is -0.508 e. The summed E-state index contributed by atoms with van der Waals surface area (Å²) in [6, 6.07) is 12.2. The fraction of sp³-hybridized carbons (Fsp3) is 0.370. The van der Waals surface area contributed by atoms with Gasteiger partial charge < -0.3 is 25.4 Å². The molecule has 0 aliphatic heterocycles. The summed E-state index contributed by atoms with van der Waals surface area (Å²) in [6.07, 6.45) is 0.783. The van der Waals surface area contributed by atoms with Gasteiger partial charge in [0.05, 0.1) is 0 Å². The molecular formula is C27H35N3O5. The molecule has 8 heteroatoms. The van der Waals surface area contributed by atoms with Gasteiger partial charge in [-0.25, -0.2) is 4.79 Å². The van der Waals surface area contributed by atoms with Gasteiger partial charge in [-0.1, -0.05) is 42.5 Å². The van der Waals surface area contributed by atoms with Crippen LogP contribution in [-0.4, -0.2) is 46.1 Å². The van der Waals surface area contributed by atoms with E-state index in [0.29, 0.717) is 11.1 Å². The Kier molecular flexibility index (Phi) is 9.45. The van der Waals surface area contributed by atoms with Crippen LogP contribution in [0.25, 0.3) is 0 Å². The number of carbonyl (C=O) groups excluding carboxylic acids is 3. The van der Waals surface area contributed by atoms with Crippen molar-refractivity contribution in [2.24, 2.45) is 0 Å². The summed E-state index contributed by atoms with van der Waals surface area (Å²) in [6.45, 7) is 12.5. The first-order valence-corrected chi connectivity index (χ1v) is 11.4. The van der Waals surface area contributed by atoms with Crippen LogP contribution in [0, 0.1) is 6.92 Å². The van der Waals surface area contributed by atoms with E-state index >= 15 is 0 Å². The predicted octanol–water partition coefficient (Wildman–Crippen LogP) is 3.99. The molecule has 8 nitrogen and oxygen atoms in total. The Hall–Kier alpha value is -3.81. The zero-order valence-electron chi connectivity index (χ0n) is 21.0. The van der Waals surface area contributed by atoms with Gasteiger partial charge in [-0.05, 0) is 63.4 Å². The van der Waals surface area contributed by atoms with Gasteiger partial charge in [-0.3, -0.25) is 9.59 Å². The van der Waals surface area contributed by atoms with Crippen LogP contribution in [0.2, 0.25) is 0 Å². The lowest BCUT2D eigenvalue weighted by atomic mass is 10.00. The van der Waals surface area contributed by atoms with Crippen LogP contribution >= 0.6 is 0 Å². The first kappa shape index (κ1) is 27.4. The number of nitrogens with zero attached hydrogens (tertiary/aromatic N) is 1. The van der Waals surface area contributed by atoms with Crippen molar-refractivity contribution in [3.8, 4) is 5.75 Å². The Labute approximate surface area is 207 Å². The first-order valence-electron chi connectivity index (χ1n) is 11.4. The Morgan fingerprint density at radius 1 is 1.14 bits per heavy atom. The molecule has 188 valence electrons. The summed E-state index contributed by atoms with van der Waals surface area (Å²) >= 11 is 0. The highest BCUT2D eigenvalue weighted by Crippen LogP contribution is 2.27. The number of amides is 3. The Morgan fingerprint density at radius 3 is 2.37 bits per heavy atom. The van der Waals surface area contributed by atoms with E-state index in [-0.39, 0.29) is 18.8 Å². The lowest BCUT2D eigenvalue weighted by molar-refractivity contribution is -0.141. The van der Waals surface area contributed by atoms with Crippen LogP contribution in [-0.2, 0) is 20.9 Å². The van der Waals surface area contributed by atoms with Crippen molar-refractivity contribution in [1.82, 2.24) is 15.5 Å². The van der Waals surface area contributed by atoms with E-state index in [9.17, 15) is 19.5 Å². The van der Waals surface area contributed by atoms with Crippen molar-refractivity contribution in [2.45, 2.75) is 58.8 Å². The molecule has 0 bridgehead atoms. The number of hydrogen-bond donors (Lipinski definition) is 3. The molecule has 0 saturated heterocycles. The second-order valence-corrected chi connectivity index (χ2v) is 9.30. The number of phenols is 1. The Morgan fingerprint density at radius 2 is 1.80 bits per heavy atom. The summed E-state index contributed by atoms with van der Waals surface area (Å²) in [5.41, 5.74) is 1.26. The SMILES string of the molecule is C=CCN(C(=O)C(C)NC(=O)OC(C)(C)C)C(C(=O)NCc1ccccc1)c1ccc(O)c(C)c1. The van der Waals surface area contributed by atoms with Crippen LogP contribution in [0.15, 0.2) is 61.2 Å². The maximum absolute atomic E-state index is 13.5. The van der Waals surface area contributed by atoms with Gasteiger partial charge in [0.1, 0.15) is 23.4 Å². The third-order valence-corrected chi connectivity index (χ3v) is 5.12. The van der Waals surface area contributed by atoms with Gasteiger partial charge in [-0.15, -0.1) is 6.58 Å². The largest absolute Gasteiger partial charge is 0.508 e. The second kappa shape index (κ2) is 12.1. The highest BCUT2D eigenvalue weighted by atomic mass is 16.6. The molecule has 2 atom stereocenters. The number of ether oxygens (including phenoxy) is 1. The molecule has 0 radical (unpaired) electrons. The van der Waals surface area contributed by atoms with E-state index < -0.39 is 35.6 Å². The molecule has 2 aromatic rings. The van der Waals surface area contributed by atoms with Gasteiger partial charge in [0, 0.05) is 13.1 Å². The molecule has 3 N–H and O–H groups in total. The zero-order valence-corrected chi connectivity index (χ0v) is 21.0. The first-order chi connectivity index (χ1) is 16.4. The standard InChI is InChI=1S/C27H35N3O5/c1-7-15-30(25(33)19(3)29-26(34)35-27(4,5)6)23(21-13-14-22(31)18(2)16-21)24(32)28-17-20-11-9-8-10-12-20/h7-14,16,19,23,31H,1,15,17H2,2-6H3,(H,28,32)(H,29,34). The molecule has 2 unspecified atom stereocenters. The predicted molar refractivity (Wildman–Crippen MR) is 135 cm³/mol. The monoisotopic (exact) mass is 481 g/mol. The van der Waals surface area contributed by atoms with Crippen LogP contribution in [0.4, 0.5) is 4.79 Å². The van der Waals surface area contributed by atoms with E-state index in [2.05, 4.69) is 17.2 Å². The highest BCUT2D eigenvalue weighted by molar-refractivity contribution is 5.92. The molecule has 2 rings (SSSR count). The van der Waals surface area contributed by atoms with Crippen molar-refractivity contribution < 1.29 is 24.2 Å². The van der Waals surface area contributed by atoms with Crippen LogP contribution in [0.1, 0.15) is 50.4 Å². The number of nitrogens with one attached hydrogen (secondary N) is 2. The molecule has 0 heterocycles. The van der Waals surface area contributed by atoms with Gasteiger partial charge in [0.15, 0.2) is 0 Å². The van der Waals surface area contributed by atoms with Crippen molar-refractivity contribution >= 4 is 17.9 Å². The van der Waals surface area contributed by atoms with Crippen molar-refractivity contribution in [3.63, 3.8) is 0 Å². The summed E-state index contributed by atoms with van der Waals surface area (Å²) in [5.74, 6) is -0.807. The number of rotatable bonds is 9. The molecule has 3 amide bonds. The van der Waals surface area contributed by atoms with E-state index in [1.54, 1.807) is 39.8 Å². The molecule has 0 fully saturated rings. The van der Waals surface area contributed by atoms with E-state index in [0.717, 1.165) is 5.56 Å². The fourth-order valence-corrected chi connectivity index (χ4v) is 3.46. The number of carbonyl (C=O) groups is 3. The Bertz CT molecular complexity index is 1050. The number of hydrogen-bond acceptors (Lipinski definition) is 5. The van der Waals surface area contributed by atoms with Crippen LogP contribution in [0.3, 0.4) is 0 Å². The fourth-order valence-electron chi connectivity index (χ4n) is 3.46. The number of aryl methyl sites for hydroxylation is 1. The summed E-state index contributed by atoms with van der Waals surface area (Å²) in [4.78, 5) is 40.5. The average molecular weight is 482 g/mol. The topological polar surface area (TPSA) is 108 Å². The number of aromatic hydroxyl groups is 1. The van der Waals surface area contributed by atoms with Crippen molar-refractivity contribution in [1.29, 1.82) is 0 Å². The maximum Gasteiger partial charge on any atom is 0.408 e. The zero-order chi connectivity index (χ0) is 26.2. The number of phenolic OH excluding ortho intramolecular Hbond substituents is 1. The minimum absolute atomic E-state index is 0.0581. The lowest BCUT2D eigenvalue weighted by Crippen LogP contribution is -2.52. The van der Waals surface area contributed by atoms with Crippen LogP contribution < -0.4 is 10.6 Å². The summed E-state index contributed by atoms with van der Waals surface area (Å²) in [7, 11) is 0. The second-order valence-electron chi connectivity index (χ2n) is 9.30. The van der Waals surface area contributed by atoms with Gasteiger partial charge in [0.25, 0.3) is 0 Å².